The van der Waals surface area contributed by atoms with Crippen molar-refractivity contribution < 1.29 is 9.90 Å². The SMILES string of the molecule is CCC(=O)NCC1(O)CCC(C)CC1. The molecule has 1 amide bonds. The third kappa shape index (κ3) is 3.29. The predicted molar refractivity (Wildman–Crippen MR) is 55.9 cm³/mol. The van der Waals surface area contributed by atoms with E-state index in [9.17, 15) is 9.90 Å². The quantitative estimate of drug-likeness (QED) is 0.723. The van der Waals surface area contributed by atoms with Crippen LogP contribution in [0.15, 0.2) is 0 Å². The average Bonchev–Trinajstić information content (AvgIpc) is 2.20. The third-order valence-corrected chi connectivity index (χ3v) is 3.14. The zero-order valence-corrected chi connectivity index (χ0v) is 9.18. The van der Waals surface area contributed by atoms with E-state index in [0.29, 0.717) is 13.0 Å². The molecule has 3 nitrogen and oxygen atoms in total. The number of hydrogen-bond acceptors (Lipinski definition) is 2. The Morgan fingerprint density at radius 2 is 2.07 bits per heavy atom. The summed E-state index contributed by atoms with van der Waals surface area (Å²) in [4.78, 5) is 11.0. The van der Waals surface area contributed by atoms with Crippen molar-refractivity contribution in [3.63, 3.8) is 0 Å². The number of carbonyl (C=O) groups excluding carboxylic acids is 1. The van der Waals surface area contributed by atoms with E-state index in [2.05, 4.69) is 12.2 Å². The molecule has 0 aromatic heterocycles. The minimum Gasteiger partial charge on any atom is -0.388 e. The second kappa shape index (κ2) is 4.78. The summed E-state index contributed by atoms with van der Waals surface area (Å²) in [6, 6.07) is 0. The Bertz CT molecular complexity index is 195. The molecular formula is C11H21NO2. The normalized spacial score (nSPS) is 32.6. The summed E-state index contributed by atoms with van der Waals surface area (Å²) in [5.74, 6) is 0.745. The van der Waals surface area contributed by atoms with Crippen molar-refractivity contribution in [2.75, 3.05) is 6.54 Å². The first kappa shape index (κ1) is 11.5. The maximum Gasteiger partial charge on any atom is 0.219 e. The van der Waals surface area contributed by atoms with Gasteiger partial charge in [0.1, 0.15) is 0 Å². The predicted octanol–water partition coefficient (Wildman–Crippen LogP) is 1.45. The molecule has 0 unspecified atom stereocenters. The lowest BCUT2D eigenvalue weighted by molar-refractivity contribution is -0.122. The van der Waals surface area contributed by atoms with E-state index in [0.717, 1.165) is 31.6 Å². The maximum absolute atomic E-state index is 11.0. The van der Waals surface area contributed by atoms with Gasteiger partial charge in [0.05, 0.1) is 5.60 Å². The van der Waals surface area contributed by atoms with Gasteiger partial charge in [0.15, 0.2) is 0 Å². The Balaban J connectivity index is 2.31. The fourth-order valence-corrected chi connectivity index (χ4v) is 1.86. The van der Waals surface area contributed by atoms with Crippen molar-refractivity contribution in [1.82, 2.24) is 5.32 Å². The van der Waals surface area contributed by atoms with Gasteiger partial charge in [0, 0.05) is 13.0 Å². The number of carbonyl (C=O) groups is 1. The third-order valence-electron chi connectivity index (χ3n) is 3.14. The Morgan fingerprint density at radius 3 is 2.57 bits per heavy atom. The van der Waals surface area contributed by atoms with Gasteiger partial charge in [-0.15, -0.1) is 0 Å². The van der Waals surface area contributed by atoms with Crippen molar-refractivity contribution in [3.05, 3.63) is 0 Å². The van der Waals surface area contributed by atoms with Gasteiger partial charge in [-0.1, -0.05) is 13.8 Å². The molecule has 0 heterocycles. The van der Waals surface area contributed by atoms with E-state index in [1.165, 1.54) is 0 Å². The molecule has 1 fully saturated rings. The molecule has 0 bridgehead atoms. The summed E-state index contributed by atoms with van der Waals surface area (Å²) >= 11 is 0. The fourth-order valence-electron chi connectivity index (χ4n) is 1.86. The molecule has 0 atom stereocenters. The Morgan fingerprint density at radius 1 is 1.50 bits per heavy atom. The first-order valence-electron chi connectivity index (χ1n) is 5.55. The smallest absolute Gasteiger partial charge is 0.219 e. The van der Waals surface area contributed by atoms with Crippen LogP contribution in [0.25, 0.3) is 0 Å². The summed E-state index contributed by atoms with van der Waals surface area (Å²) in [5.41, 5.74) is -0.642. The molecule has 1 saturated carbocycles. The molecule has 3 heteroatoms. The maximum atomic E-state index is 11.0. The second-order valence-electron chi connectivity index (χ2n) is 4.54. The van der Waals surface area contributed by atoms with Gasteiger partial charge in [-0.05, 0) is 31.6 Å². The minimum atomic E-state index is -0.642. The van der Waals surface area contributed by atoms with E-state index >= 15 is 0 Å². The molecule has 0 saturated heterocycles. The molecule has 0 spiro atoms. The molecular weight excluding hydrogens is 178 g/mol. The summed E-state index contributed by atoms with van der Waals surface area (Å²) < 4.78 is 0. The van der Waals surface area contributed by atoms with Crippen molar-refractivity contribution in [1.29, 1.82) is 0 Å². The van der Waals surface area contributed by atoms with Crippen LogP contribution in [-0.4, -0.2) is 23.2 Å². The lowest BCUT2D eigenvalue weighted by Crippen LogP contribution is -2.45. The zero-order chi connectivity index (χ0) is 10.6. The van der Waals surface area contributed by atoms with E-state index in [4.69, 9.17) is 0 Å². The highest BCUT2D eigenvalue weighted by Gasteiger charge is 2.31. The van der Waals surface area contributed by atoms with Gasteiger partial charge in [0.2, 0.25) is 5.91 Å². The van der Waals surface area contributed by atoms with Crippen LogP contribution in [0.1, 0.15) is 46.0 Å². The molecule has 0 aromatic rings. The first-order chi connectivity index (χ1) is 6.56. The van der Waals surface area contributed by atoms with Gasteiger partial charge < -0.3 is 10.4 Å². The van der Waals surface area contributed by atoms with Crippen LogP contribution in [-0.2, 0) is 4.79 Å². The van der Waals surface area contributed by atoms with Crippen LogP contribution >= 0.6 is 0 Å². The van der Waals surface area contributed by atoms with Crippen molar-refractivity contribution in [2.45, 2.75) is 51.6 Å². The molecule has 1 rings (SSSR count). The highest BCUT2D eigenvalue weighted by molar-refractivity contribution is 5.75. The van der Waals surface area contributed by atoms with Crippen molar-refractivity contribution >= 4 is 5.91 Å². The van der Waals surface area contributed by atoms with Gasteiger partial charge in [-0.25, -0.2) is 0 Å². The monoisotopic (exact) mass is 199 g/mol. The Hall–Kier alpha value is -0.570. The molecule has 82 valence electrons. The van der Waals surface area contributed by atoms with E-state index in [1.54, 1.807) is 0 Å². The minimum absolute atomic E-state index is 0.0250. The van der Waals surface area contributed by atoms with Crippen LogP contribution in [0.3, 0.4) is 0 Å². The molecule has 0 aliphatic heterocycles. The first-order valence-corrected chi connectivity index (χ1v) is 5.55. The Kier molecular flexibility index (Phi) is 3.93. The molecule has 2 N–H and O–H groups in total. The van der Waals surface area contributed by atoms with Crippen LogP contribution in [0.4, 0.5) is 0 Å². The van der Waals surface area contributed by atoms with Crippen LogP contribution in [0.5, 0.6) is 0 Å². The van der Waals surface area contributed by atoms with E-state index in [1.807, 2.05) is 6.92 Å². The molecule has 0 radical (unpaired) electrons. The number of rotatable bonds is 3. The summed E-state index contributed by atoms with van der Waals surface area (Å²) in [6.07, 6.45) is 4.26. The van der Waals surface area contributed by atoms with Crippen LogP contribution in [0.2, 0.25) is 0 Å². The largest absolute Gasteiger partial charge is 0.388 e. The summed E-state index contributed by atoms with van der Waals surface area (Å²) in [5, 5.41) is 12.9. The summed E-state index contributed by atoms with van der Waals surface area (Å²) in [6.45, 7) is 4.46. The lowest BCUT2D eigenvalue weighted by Gasteiger charge is -2.34. The molecule has 14 heavy (non-hydrogen) atoms. The van der Waals surface area contributed by atoms with Crippen molar-refractivity contribution in [3.8, 4) is 0 Å². The number of aliphatic hydroxyl groups is 1. The van der Waals surface area contributed by atoms with Gasteiger partial charge >= 0.3 is 0 Å². The second-order valence-corrected chi connectivity index (χ2v) is 4.54. The topological polar surface area (TPSA) is 49.3 Å². The van der Waals surface area contributed by atoms with Crippen molar-refractivity contribution in [2.24, 2.45) is 5.92 Å². The van der Waals surface area contributed by atoms with Gasteiger partial charge in [-0.2, -0.15) is 0 Å². The van der Waals surface area contributed by atoms with Gasteiger partial charge in [0.25, 0.3) is 0 Å². The Labute approximate surface area is 85.9 Å². The number of nitrogens with one attached hydrogen (secondary N) is 1. The highest BCUT2D eigenvalue weighted by atomic mass is 16.3. The van der Waals surface area contributed by atoms with E-state index in [-0.39, 0.29) is 5.91 Å². The highest BCUT2D eigenvalue weighted by Crippen LogP contribution is 2.31. The van der Waals surface area contributed by atoms with Crippen LogP contribution in [0, 0.1) is 5.92 Å². The molecule has 0 aromatic carbocycles. The fraction of sp³-hybridized carbons (Fsp3) is 0.909. The summed E-state index contributed by atoms with van der Waals surface area (Å²) in [7, 11) is 0. The molecule has 1 aliphatic carbocycles. The van der Waals surface area contributed by atoms with Gasteiger partial charge in [-0.3, -0.25) is 4.79 Å². The lowest BCUT2D eigenvalue weighted by atomic mass is 9.79. The average molecular weight is 199 g/mol. The zero-order valence-electron chi connectivity index (χ0n) is 9.18. The van der Waals surface area contributed by atoms with E-state index < -0.39 is 5.60 Å². The molecule has 1 aliphatic rings. The standard InChI is InChI=1S/C11H21NO2/c1-3-10(13)12-8-11(14)6-4-9(2)5-7-11/h9,14H,3-8H2,1-2H3,(H,12,13). The number of hydrogen-bond donors (Lipinski definition) is 2. The van der Waals surface area contributed by atoms with Crippen LogP contribution < -0.4 is 5.32 Å². The number of amides is 1.